The molecule has 2 nitrogen and oxygen atoms in total. The quantitative estimate of drug-likeness (QED) is 0.793. The Balaban J connectivity index is 2.59. The highest BCUT2D eigenvalue weighted by Crippen LogP contribution is 2.34. The van der Waals surface area contributed by atoms with E-state index in [4.69, 9.17) is 16.1 Å². The summed E-state index contributed by atoms with van der Waals surface area (Å²) in [5.41, 5.74) is 0.233. The Labute approximate surface area is 97.0 Å². The number of rotatable bonds is 1. The number of benzene rings is 1. The first-order chi connectivity index (χ1) is 7.09. The van der Waals surface area contributed by atoms with Gasteiger partial charge >= 0.3 is 0 Å². The van der Waals surface area contributed by atoms with Crippen LogP contribution in [-0.4, -0.2) is 5.16 Å². The van der Waals surface area contributed by atoms with Gasteiger partial charge in [-0.2, -0.15) is 0 Å². The molecule has 0 aliphatic rings. The molecular weight excluding hydrogens is 291 g/mol. The van der Waals surface area contributed by atoms with Gasteiger partial charge in [-0.25, -0.2) is 8.78 Å². The Morgan fingerprint density at radius 3 is 2.60 bits per heavy atom. The molecule has 2 aromatic rings. The Bertz CT molecular complexity index is 515. The zero-order chi connectivity index (χ0) is 11.0. The molecule has 0 fully saturated rings. The molecule has 0 N–H and O–H groups in total. The number of halogens is 4. The van der Waals surface area contributed by atoms with Gasteiger partial charge in [0, 0.05) is 11.6 Å². The van der Waals surface area contributed by atoms with Crippen LogP contribution in [-0.2, 0) is 0 Å². The van der Waals surface area contributed by atoms with E-state index < -0.39 is 11.6 Å². The molecule has 6 heteroatoms. The zero-order valence-corrected chi connectivity index (χ0v) is 9.44. The summed E-state index contributed by atoms with van der Waals surface area (Å²) in [6, 6.07) is 3.13. The van der Waals surface area contributed by atoms with Crippen LogP contribution in [0.3, 0.4) is 0 Å². The molecule has 1 aromatic carbocycles. The van der Waals surface area contributed by atoms with E-state index in [2.05, 4.69) is 21.1 Å². The van der Waals surface area contributed by atoms with Gasteiger partial charge in [-0.15, -0.1) is 0 Å². The van der Waals surface area contributed by atoms with Crippen molar-refractivity contribution in [2.45, 2.75) is 0 Å². The van der Waals surface area contributed by atoms with Crippen molar-refractivity contribution in [2.24, 2.45) is 0 Å². The Kier molecular flexibility index (Phi) is 2.75. The summed E-state index contributed by atoms with van der Waals surface area (Å²) in [4.78, 5) is 0. The molecule has 1 heterocycles. The standard InChI is InChI=1S/C9H3BrClF2NO/c10-9-7(11)8(14-15-9)5-2-1-4(12)3-6(5)13/h1-3H. The van der Waals surface area contributed by atoms with Crippen molar-refractivity contribution in [3.63, 3.8) is 0 Å². The van der Waals surface area contributed by atoms with Gasteiger partial charge in [0.05, 0.1) is 0 Å². The lowest BCUT2D eigenvalue weighted by atomic mass is 10.1. The molecular formula is C9H3BrClF2NO. The Morgan fingerprint density at radius 1 is 1.33 bits per heavy atom. The van der Waals surface area contributed by atoms with Gasteiger partial charge in [0.15, 0.2) is 0 Å². The highest BCUT2D eigenvalue weighted by atomic mass is 79.9. The molecule has 0 bridgehead atoms. The van der Waals surface area contributed by atoms with E-state index in [0.29, 0.717) is 0 Å². The third-order valence-corrected chi connectivity index (χ3v) is 2.90. The third-order valence-electron chi connectivity index (χ3n) is 1.78. The fourth-order valence-electron chi connectivity index (χ4n) is 1.11. The van der Waals surface area contributed by atoms with Crippen LogP contribution in [0.1, 0.15) is 0 Å². The van der Waals surface area contributed by atoms with Gasteiger partial charge < -0.3 is 4.52 Å². The van der Waals surface area contributed by atoms with Gasteiger partial charge in [0.2, 0.25) is 4.67 Å². The summed E-state index contributed by atoms with van der Waals surface area (Å²) in [7, 11) is 0. The van der Waals surface area contributed by atoms with Crippen LogP contribution >= 0.6 is 27.5 Å². The maximum Gasteiger partial charge on any atom is 0.221 e. The van der Waals surface area contributed by atoms with Crippen molar-refractivity contribution in [1.29, 1.82) is 0 Å². The van der Waals surface area contributed by atoms with Crippen LogP contribution in [0.5, 0.6) is 0 Å². The van der Waals surface area contributed by atoms with Crippen molar-refractivity contribution >= 4 is 27.5 Å². The van der Waals surface area contributed by atoms with E-state index in [1.54, 1.807) is 0 Å². The van der Waals surface area contributed by atoms with Gasteiger partial charge in [-0.3, -0.25) is 0 Å². The van der Waals surface area contributed by atoms with Crippen molar-refractivity contribution in [3.8, 4) is 11.3 Å². The molecule has 0 saturated carbocycles. The zero-order valence-electron chi connectivity index (χ0n) is 7.10. The number of hydrogen-bond acceptors (Lipinski definition) is 2. The Morgan fingerprint density at radius 2 is 2.07 bits per heavy atom. The maximum absolute atomic E-state index is 13.3. The van der Waals surface area contributed by atoms with Crippen LogP contribution in [0.2, 0.25) is 5.02 Å². The van der Waals surface area contributed by atoms with Crippen LogP contribution in [0.25, 0.3) is 11.3 Å². The molecule has 0 saturated heterocycles. The second kappa shape index (κ2) is 3.90. The largest absolute Gasteiger partial charge is 0.347 e. The van der Waals surface area contributed by atoms with Crippen molar-refractivity contribution in [2.75, 3.05) is 0 Å². The first-order valence-corrected chi connectivity index (χ1v) is 5.03. The highest BCUT2D eigenvalue weighted by molar-refractivity contribution is 9.10. The molecule has 0 aliphatic carbocycles. The minimum absolute atomic E-state index is 0.0934. The van der Waals surface area contributed by atoms with E-state index in [1.165, 1.54) is 6.07 Å². The fourth-order valence-corrected chi connectivity index (χ4v) is 1.54. The fraction of sp³-hybridized carbons (Fsp3) is 0. The second-order valence-corrected chi connectivity index (χ2v) is 3.84. The maximum atomic E-state index is 13.3. The summed E-state index contributed by atoms with van der Waals surface area (Å²) in [5, 5.41) is 3.71. The van der Waals surface area contributed by atoms with Gasteiger partial charge in [0.1, 0.15) is 22.4 Å². The average Bonchev–Trinajstić information content (AvgIpc) is 2.49. The number of hydrogen-bond donors (Lipinski definition) is 0. The molecule has 15 heavy (non-hydrogen) atoms. The summed E-state index contributed by atoms with van der Waals surface area (Å²) < 4.78 is 30.9. The molecule has 0 spiro atoms. The SMILES string of the molecule is Fc1ccc(-c2noc(Br)c2Cl)c(F)c1. The van der Waals surface area contributed by atoms with E-state index in [-0.39, 0.29) is 20.9 Å². The van der Waals surface area contributed by atoms with Crippen LogP contribution < -0.4 is 0 Å². The van der Waals surface area contributed by atoms with E-state index in [9.17, 15) is 8.78 Å². The van der Waals surface area contributed by atoms with Crippen LogP contribution in [0.15, 0.2) is 27.4 Å². The van der Waals surface area contributed by atoms with Gasteiger partial charge in [-0.1, -0.05) is 16.8 Å². The summed E-state index contributed by atoms with van der Waals surface area (Å²) in [6.07, 6.45) is 0. The third kappa shape index (κ3) is 1.89. The molecule has 2 rings (SSSR count). The predicted octanol–water partition coefficient (Wildman–Crippen LogP) is 4.04. The van der Waals surface area contributed by atoms with Gasteiger partial charge in [-0.05, 0) is 28.1 Å². The first-order valence-electron chi connectivity index (χ1n) is 3.85. The minimum Gasteiger partial charge on any atom is -0.347 e. The topological polar surface area (TPSA) is 26.0 Å². The number of aromatic nitrogens is 1. The molecule has 1 aromatic heterocycles. The molecule has 0 atom stereocenters. The normalized spacial score (nSPS) is 10.7. The van der Waals surface area contributed by atoms with Crippen molar-refractivity contribution in [3.05, 3.63) is 39.5 Å². The van der Waals surface area contributed by atoms with Crippen molar-refractivity contribution < 1.29 is 13.3 Å². The lowest BCUT2D eigenvalue weighted by molar-refractivity contribution is 0.402. The minimum atomic E-state index is -0.738. The molecule has 78 valence electrons. The number of nitrogens with zero attached hydrogens (tertiary/aromatic N) is 1. The first kappa shape index (κ1) is 10.6. The smallest absolute Gasteiger partial charge is 0.221 e. The van der Waals surface area contributed by atoms with Crippen LogP contribution in [0.4, 0.5) is 8.78 Å². The van der Waals surface area contributed by atoms with E-state index in [1.807, 2.05) is 0 Å². The van der Waals surface area contributed by atoms with Crippen molar-refractivity contribution in [1.82, 2.24) is 5.16 Å². The lowest BCUT2D eigenvalue weighted by Crippen LogP contribution is -1.86. The monoisotopic (exact) mass is 293 g/mol. The van der Waals surface area contributed by atoms with E-state index in [0.717, 1.165) is 12.1 Å². The predicted molar refractivity (Wildman–Crippen MR) is 54.6 cm³/mol. The lowest BCUT2D eigenvalue weighted by Gasteiger charge is -1.98. The molecule has 0 unspecified atom stereocenters. The summed E-state index contributed by atoms with van der Waals surface area (Å²) >= 11 is 8.79. The molecule has 0 radical (unpaired) electrons. The van der Waals surface area contributed by atoms with Gasteiger partial charge in [0.25, 0.3) is 0 Å². The van der Waals surface area contributed by atoms with Crippen LogP contribution in [0, 0.1) is 11.6 Å². The average molecular weight is 294 g/mol. The highest BCUT2D eigenvalue weighted by Gasteiger charge is 2.17. The summed E-state index contributed by atoms with van der Waals surface area (Å²) in [6.45, 7) is 0. The second-order valence-electron chi connectivity index (χ2n) is 2.74. The Hall–Kier alpha value is -0.940. The molecule has 0 amide bonds. The van der Waals surface area contributed by atoms with E-state index >= 15 is 0 Å². The summed E-state index contributed by atoms with van der Waals surface area (Å²) in [5.74, 6) is -1.40. The molecule has 0 aliphatic heterocycles.